The van der Waals surface area contributed by atoms with E-state index in [1.807, 2.05) is 43.3 Å². The SMILES string of the molecule is CCOC(c1ccccc1)c1ccc2c(c1)OCCO2. The minimum Gasteiger partial charge on any atom is -0.486 e. The van der Waals surface area contributed by atoms with Crippen LogP contribution in [0.15, 0.2) is 48.5 Å². The van der Waals surface area contributed by atoms with Crippen molar-refractivity contribution in [3.63, 3.8) is 0 Å². The van der Waals surface area contributed by atoms with Gasteiger partial charge in [-0.1, -0.05) is 36.4 Å². The highest BCUT2D eigenvalue weighted by molar-refractivity contribution is 5.46. The van der Waals surface area contributed by atoms with Crippen LogP contribution in [0, 0.1) is 0 Å². The highest BCUT2D eigenvalue weighted by atomic mass is 16.6. The molecule has 3 nitrogen and oxygen atoms in total. The van der Waals surface area contributed by atoms with Gasteiger partial charge in [0.25, 0.3) is 0 Å². The maximum atomic E-state index is 5.91. The first-order chi connectivity index (χ1) is 9.88. The zero-order valence-corrected chi connectivity index (χ0v) is 11.5. The van der Waals surface area contributed by atoms with Crippen LogP contribution in [-0.2, 0) is 4.74 Å². The van der Waals surface area contributed by atoms with E-state index in [0.29, 0.717) is 19.8 Å². The molecule has 20 heavy (non-hydrogen) atoms. The Balaban J connectivity index is 1.95. The predicted octanol–water partition coefficient (Wildman–Crippen LogP) is 3.58. The molecule has 1 aliphatic rings. The lowest BCUT2D eigenvalue weighted by Crippen LogP contribution is -2.16. The second-order valence-electron chi connectivity index (χ2n) is 4.65. The van der Waals surface area contributed by atoms with Gasteiger partial charge in [0.05, 0.1) is 0 Å². The topological polar surface area (TPSA) is 27.7 Å². The molecule has 1 unspecified atom stereocenters. The first-order valence-electron chi connectivity index (χ1n) is 6.94. The standard InChI is InChI=1S/C17H18O3/c1-2-18-17(13-6-4-3-5-7-13)14-8-9-15-16(12-14)20-11-10-19-15/h3-9,12,17H,2,10-11H2,1H3. The molecular weight excluding hydrogens is 252 g/mol. The fourth-order valence-electron chi connectivity index (χ4n) is 2.40. The summed E-state index contributed by atoms with van der Waals surface area (Å²) in [6.07, 6.45) is -0.0722. The van der Waals surface area contributed by atoms with Gasteiger partial charge in [-0.15, -0.1) is 0 Å². The Labute approximate surface area is 119 Å². The molecule has 0 amide bonds. The average Bonchev–Trinajstić information content (AvgIpc) is 2.53. The number of hydrogen-bond acceptors (Lipinski definition) is 3. The number of fused-ring (bicyclic) bond motifs is 1. The van der Waals surface area contributed by atoms with E-state index >= 15 is 0 Å². The van der Waals surface area contributed by atoms with Crippen molar-refractivity contribution in [1.29, 1.82) is 0 Å². The minimum absolute atomic E-state index is 0.0722. The molecule has 0 aromatic heterocycles. The summed E-state index contributed by atoms with van der Waals surface area (Å²) in [5, 5.41) is 0. The monoisotopic (exact) mass is 270 g/mol. The lowest BCUT2D eigenvalue weighted by Gasteiger charge is -2.22. The molecule has 1 heterocycles. The van der Waals surface area contributed by atoms with Crippen LogP contribution in [0.2, 0.25) is 0 Å². The largest absolute Gasteiger partial charge is 0.486 e. The summed E-state index contributed by atoms with van der Waals surface area (Å²) < 4.78 is 17.1. The molecule has 1 aliphatic heterocycles. The Bertz CT molecular complexity index is 566. The molecule has 104 valence electrons. The van der Waals surface area contributed by atoms with Crippen LogP contribution in [0.4, 0.5) is 0 Å². The molecule has 0 saturated heterocycles. The van der Waals surface area contributed by atoms with Crippen molar-refractivity contribution in [2.24, 2.45) is 0 Å². The van der Waals surface area contributed by atoms with Crippen molar-refractivity contribution in [2.45, 2.75) is 13.0 Å². The van der Waals surface area contributed by atoms with Gasteiger partial charge in [-0.25, -0.2) is 0 Å². The fraction of sp³-hybridized carbons (Fsp3) is 0.294. The van der Waals surface area contributed by atoms with Gasteiger partial charge in [0, 0.05) is 6.61 Å². The second-order valence-corrected chi connectivity index (χ2v) is 4.65. The molecule has 0 N–H and O–H groups in total. The summed E-state index contributed by atoms with van der Waals surface area (Å²) in [5.74, 6) is 1.61. The van der Waals surface area contributed by atoms with E-state index in [2.05, 4.69) is 12.1 Å². The summed E-state index contributed by atoms with van der Waals surface area (Å²) in [5.41, 5.74) is 2.23. The lowest BCUT2D eigenvalue weighted by atomic mass is 10.0. The third-order valence-corrected chi connectivity index (χ3v) is 3.30. The van der Waals surface area contributed by atoms with Crippen molar-refractivity contribution < 1.29 is 14.2 Å². The summed E-state index contributed by atoms with van der Waals surface area (Å²) in [6.45, 7) is 3.88. The van der Waals surface area contributed by atoms with Gasteiger partial charge in [-0.3, -0.25) is 0 Å². The Morgan fingerprint density at radius 2 is 1.70 bits per heavy atom. The van der Waals surface area contributed by atoms with Gasteiger partial charge < -0.3 is 14.2 Å². The van der Waals surface area contributed by atoms with E-state index in [9.17, 15) is 0 Å². The van der Waals surface area contributed by atoms with Crippen LogP contribution in [0.25, 0.3) is 0 Å². The quantitative estimate of drug-likeness (QED) is 0.850. The van der Waals surface area contributed by atoms with E-state index in [1.165, 1.54) is 0 Å². The zero-order chi connectivity index (χ0) is 13.8. The maximum absolute atomic E-state index is 5.91. The highest BCUT2D eigenvalue weighted by Crippen LogP contribution is 2.35. The Morgan fingerprint density at radius 1 is 0.950 bits per heavy atom. The third kappa shape index (κ3) is 2.63. The number of benzene rings is 2. The molecule has 0 saturated carbocycles. The van der Waals surface area contributed by atoms with Gasteiger partial charge in [-0.05, 0) is 30.2 Å². The van der Waals surface area contributed by atoms with Crippen molar-refractivity contribution >= 4 is 0 Å². The number of rotatable bonds is 4. The van der Waals surface area contributed by atoms with Crippen molar-refractivity contribution in [2.75, 3.05) is 19.8 Å². The van der Waals surface area contributed by atoms with Crippen molar-refractivity contribution in [1.82, 2.24) is 0 Å². The summed E-state index contributed by atoms with van der Waals surface area (Å²) in [4.78, 5) is 0. The first-order valence-corrected chi connectivity index (χ1v) is 6.94. The molecule has 0 radical (unpaired) electrons. The Kier molecular flexibility index (Phi) is 3.88. The molecule has 0 aliphatic carbocycles. The third-order valence-electron chi connectivity index (χ3n) is 3.30. The normalized spacial score (nSPS) is 14.8. The van der Waals surface area contributed by atoms with Crippen LogP contribution < -0.4 is 9.47 Å². The van der Waals surface area contributed by atoms with E-state index < -0.39 is 0 Å². The molecular formula is C17H18O3. The summed E-state index contributed by atoms with van der Waals surface area (Å²) in [6, 6.07) is 16.2. The van der Waals surface area contributed by atoms with Crippen LogP contribution in [-0.4, -0.2) is 19.8 Å². The first kappa shape index (κ1) is 13.0. The van der Waals surface area contributed by atoms with E-state index in [-0.39, 0.29) is 6.10 Å². The molecule has 2 aromatic rings. The van der Waals surface area contributed by atoms with Crippen LogP contribution >= 0.6 is 0 Å². The second kappa shape index (κ2) is 5.97. The van der Waals surface area contributed by atoms with E-state index in [1.54, 1.807) is 0 Å². The van der Waals surface area contributed by atoms with Gasteiger partial charge in [0.2, 0.25) is 0 Å². The fourth-order valence-corrected chi connectivity index (χ4v) is 2.40. The molecule has 3 rings (SSSR count). The van der Waals surface area contributed by atoms with E-state index in [0.717, 1.165) is 22.6 Å². The Hall–Kier alpha value is -2.00. The van der Waals surface area contributed by atoms with Gasteiger partial charge in [-0.2, -0.15) is 0 Å². The summed E-state index contributed by atoms with van der Waals surface area (Å²) >= 11 is 0. The van der Waals surface area contributed by atoms with E-state index in [4.69, 9.17) is 14.2 Å². The molecule has 1 atom stereocenters. The maximum Gasteiger partial charge on any atom is 0.161 e. The molecule has 2 aromatic carbocycles. The minimum atomic E-state index is -0.0722. The van der Waals surface area contributed by atoms with Gasteiger partial charge in [0.1, 0.15) is 19.3 Å². The van der Waals surface area contributed by atoms with Crippen LogP contribution in [0.3, 0.4) is 0 Å². The van der Waals surface area contributed by atoms with Gasteiger partial charge >= 0.3 is 0 Å². The predicted molar refractivity (Wildman–Crippen MR) is 77.3 cm³/mol. The van der Waals surface area contributed by atoms with Crippen molar-refractivity contribution in [3.8, 4) is 11.5 Å². The zero-order valence-electron chi connectivity index (χ0n) is 11.5. The lowest BCUT2D eigenvalue weighted by molar-refractivity contribution is 0.0906. The molecule has 3 heteroatoms. The summed E-state index contributed by atoms with van der Waals surface area (Å²) in [7, 11) is 0. The average molecular weight is 270 g/mol. The van der Waals surface area contributed by atoms with Crippen LogP contribution in [0.1, 0.15) is 24.2 Å². The number of ether oxygens (including phenoxy) is 3. The number of hydrogen-bond donors (Lipinski definition) is 0. The van der Waals surface area contributed by atoms with Crippen LogP contribution in [0.5, 0.6) is 11.5 Å². The Morgan fingerprint density at radius 3 is 2.45 bits per heavy atom. The van der Waals surface area contributed by atoms with Crippen molar-refractivity contribution in [3.05, 3.63) is 59.7 Å². The molecule has 0 fully saturated rings. The molecule has 0 spiro atoms. The highest BCUT2D eigenvalue weighted by Gasteiger charge is 2.18. The van der Waals surface area contributed by atoms with Gasteiger partial charge in [0.15, 0.2) is 11.5 Å². The smallest absolute Gasteiger partial charge is 0.161 e. The molecule has 0 bridgehead atoms.